The Morgan fingerprint density at radius 3 is 2.50 bits per heavy atom. The molecule has 0 fully saturated rings. The average molecular weight is 315 g/mol. The molecule has 1 heterocycles. The van der Waals surface area contributed by atoms with Crippen LogP contribution in [0.3, 0.4) is 0 Å². The molecule has 112 valence electrons. The molecule has 2 N–H and O–H groups in total. The number of aromatic hydroxyl groups is 1. The molecule has 6 nitrogen and oxygen atoms in total. The molecule has 2 aromatic rings. The van der Waals surface area contributed by atoms with Crippen LogP contribution in [0, 0.1) is 0 Å². The number of hydrogen-bond donors (Lipinski definition) is 2. The van der Waals surface area contributed by atoms with Crippen molar-refractivity contribution >= 4 is 34.2 Å². The van der Waals surface area contributed by atoms with Crippen LogP contribution in [0.5, 0.6) is 5.75 Å². The molecule has 1 atom stereocenters. The van der Waals surface area contributed by atoms with Crippen molar-refractivity contribution in [3.05, 3.63) is 60.2 Å². The molecule has 22 heavy (non-hydrogen) atoms. The molecule has 0 bridgehead atoms. The molecule has 0 spiro atoms. The van der Waals surface area contributed by atoms with E-state index in [-0.39, 0.29) is 23.0 Å². The molecule has 7 heteroatoms. The summed E-state index contributed by atoms with van der Waals surface area (Å²) >= 11 is -2.50. The summed E-state index contributed by atoms with van der Waals surface area (Å²) < 4.78 is 23.6. The minimum atomic E-state index is -2.50. The van der Waals surface area contributed by atoms with Crippen molar-refractivity contribution in [1.29, 1.82) is 0 Å². The molecule has 1 unspecified atom stereocenters. The maximum absolute atomic E-state index is 12.5. The first kappa shape index (κ1) is 14.3. The molecule has 2 aromatic carbocycles. The minimum Gasteiger partial charge on any atom is -0.755 e. The zero-order valence-electron chi connectivity index (χ0n) is 11.3. The van der Waals surface area contributed by atoms with Gasteiger partial charge in [-0.3, -0.25) is 13.9 Å². The summed E-state index contributed by atoms with van der Waals surface area (Å²) in [7, 11) is 0. The molecule has 3 rings (SSSR count). The van der Waals surface area contributed by atoms with Crippen LogP contribution in [-0.2, 0) is 11.3 Å². The standard InChI is InChI=1S/C15H12N2O4S/c1-9-11-4-2-3-5-12(11)15(19)17(9)13-8-10(16-22(20)21)6-7-14(13)18/h2-8,16,18H,1H2,(H,20,21)/p-1. The second-order valence-corrected chi connectivity index (χ2v) is 5.35. The molecule has 0 aromatic heterocycles. The fraction of sp³-hybridized carbons (Fsp3) is 0. The third kappa shape index (κ3) is 2.26. The third-order valence-corrected chi connectivity index (χ3v) is 3.76. The van der Waals surface area contributed by atoms with Crippen LogP contribution in [-0.4, -0.2) is 19.8 Å². The van der Waals surface area contributed by atoms with Crippen LogP contribution in [0.25, 0.3) is 5.70 Å². The predicted octanol–water partition coefficient (Wildman–Crippen LogP) is 2.23. The lowest BCUT2D eigenvalue weighted by molar-refractivity contribution is 0.101. The van der Waals surface area contributed by atoms with Crippen LogP contribution in [0.15, 0.2) is 49.0 Å². The van der Waals surface area contributed by atoms with Gasteiger partial charge in [0.15, 0.2) is 0 Å². The summed E-state index contributed by atoms with van der Waals surface area (Å²) in [5.41, 5.74) is 1.99. The summed E-state index contributed by atoms with van der Waals surface area (Å²) in [6.07, 6.45) is 0. The Kier molecular flexibility index (Phi) is 3.44. The Morgan fingerprint density at radius 1 is 1.18 bits per heavy atom. The van der Waals surface area contributed by atoms with Gasteiger partial charge in [-0.25, -0.2) is 0 Å². The predicted molar refractivity (Wildman–Crippen MR) is 82.9 cm³/mol. The monoisotopic (exact) mass is 315 g/mol. The molecule has 1 amide bonds. The van der Waals surface area contributed by atoms with Gasteiger partial charge in [0.2, 0.25) is 0 Å². The normalized spacial score (nSPS) is 14.9. The number of carbonyl (C=O) groups is 1. The number of benzene rings is 2. The minimum absolute atomic E-state index is 0.149. The Bertz CT molecular complexity index is 784. The van der Waals surface area contributed by atoms with E-state index in [1.807, 2.05) is 0 Å². The highest BCUT2D eigenvalue weighted by atomic mass is 32.2. The lowest BCUT2D eigenvalue weighted by Gasteiger charge is -2.20. The first-order valence-electron chi connectivity index (χ1n) is 6.30. The van der Waals surface area contributed by atoms with Gasteiger partial charge in [-0.1, -0.05) is 24.8 Å². The summed E-state index contributed by atoms with van der Waals surface area (Å²) in [5, 5.41) is 10.0. The number of hydrogen-bond acceptors (Lipinski definition) is 4. The first-order valence-corrected chi connectivity index (χ1v) is 7.38. The van der Waals surface area contributed by atoms with Crippen molar-refractivity contribution in [3.63, 3.8) is 0 Å². The first-order chi connectivity index (χ1) is 10.5. The van der Waals surface area contributed by atoms with Gasteiger partial charge in [-0.2, -0.15) is 0 Å². The van der Waals surface area contributed by atoms with Crippen LogP contribution >= 0.6 is 0 Å². The quantitative estimate of drug-likeness (QED) is 0.671. The second-order valence-electron chi connectivity index (χ2n) is 4.67. The zero-order valence-corrected chi connectivity index (χ0v) is 12.1. The van der Waals surface area contributed by atoms with Crippen LogP contribution in [0.4, 0.5) is 11.4 Å². The molecule has 1 aliphatic rings. The summed E-state index contributed by atoms with van der Waals surface area (Å²) in [6.45, 7) is 3.89. The van der Waals surface area contributed by atoms with Gasteiger partial charge in [-0.05, 0) is 24.3 Å². The molecule has 0 radical (unpaired) electrons. The average Bonchev–Trinajstić information content (AvgIpc) is 2.73. The van der Waals surface area contributed by atoms with Crippen molar-refractivity contribution in [3.8, 4) is 5.75 Å². The molecular formula is C15H11N2O4S-. The zero-order chi connectivity index (χ0) is 15.9. The topological polar surface area (TPSA) is 92.7 Å². The Morgan fingerprint density at radius 2 is 1.86 bits per heavy atom. The highest BCUT2D eigenvalue weighted by Gasteiger charge is 2.33. The molecule has 1 aliphatic heterocycles. The van der Waals surface area contributed by atoms with Gasteiger partial charge in [0.25, 0.3) is 5.91 Å². The van der Waals surface area contributed by atoms with Crippen molar-refractivity contribution < 1.29 is 18.7 Å². The van der Waals surface area contributed by atoms with Crippen molar-refractivity contribution in [2.75, 3.05) is 9.62 Å². The molecular weight excluding hydrogens is 304 g/mol. The van der Waals surface area contributed by atoms with E-state index in [0.717, 1.165) is 0 Å². The van der Waals surface area contributed by atoms with Gasteiger partial charge in [0.1, 0.15) is 5.75 Å². The van der Waals surface area contributed by atoms with E-state index in [9.17, 15) is 18.7 Å². The number of anilines is 2. The van der Waals surface area contributed by atoms with Crippen LogP contribution < -0.4 is 9.62 Å². The number of rotatable bonds is 3. The third-order valence-electron chi connectivity index (χ3n) is 3.36. The maximum atomic E-state index is 12.5. The summed E-state index contributed by atoms with van der Waals surface area (Å²) in [4.78, 5) is 13.8. The number of nitrogens with zero attached hydrogens (tertiary/aromatic N) is 1. The van der Waals surface area contributed by atoms with Crippen molar-refractivity contribution in [1.82, 2.24) is 0 Å². The van der Waals surface area contributed by atoms with Crippen LogP contribution in [0.2, 0.25) is 0 Å². The largest absolute Gasteiger partial charge is 0.755 e. The smallest absolute Gasteiger partial charge is 0.263 e. The number of amides is 1. The van der Waals surface area contributed by atoms with Gasteiger partial charge >= 0.3 is 0 Å². The van der Waals surface area contributed by atoms with Crippen LogP contribution in [0.1, 0.15) is 15.9 Å². The van der Waals surface area contributed by atoms with E-state index in [2.05, 4.69) is 11.3 Å². The molecule has 0 saturated heterocycles. The van der Waals surface area contributed by atoms with Gasteiger partial charge in [0.05, 0.1) is 11.4 Å². The van der Waals surface area contributed by atoms with Crippen molar-refractivity contribution in [2.45, 2.75) is 0 Å². The Labute approximate surface area is 129 Å². The van der Waals surface area contributed by atoms with E-state index >= 15 is 0 Å². The summed E-state index contributed by atoms with van der Waals surface area (Å²) in [5.74, 6) is -0.471. The van der Waals surface area contributed by atoms with Gasteiger partial charge < -0.3 is 14.4 Å². The molecule has 0 saturated carbocycles. The number of phenols is 1. The van der Waals surface area contributed by atoms with E-state index < -0.39 is 11.3 Å². The van der Waals surface area contributed by atoms with E-state index in [1.165, 1.54) is 23.1 Å². The lowest BCUT2D eigenvalue weighted by Crippen LogP contribution is -2.22. The number of phenolic OH excluding ortho intramolecular Hbond substituents is 1. The SMILES string of the molecule is C=C1c2ccccc2C(=O)N1c1cc(NS(=O)[O-])ccc1O. The van der Waals surface area contributed by atoms with E-state index in [4.69, 9.17) is 0 Å². The lowest BCUT2D eigenvalue weighted by atomic mass is 10.1. The van der Waals surface area contributed by atoms with E-state index in [1.54, 1.807) is 24.3 Å². The van der Waals surface area contributed by atoms with Gasteiger partial charge in [-0.15, -0.1) is 0 Å². The highest BCUT2D eigenvalue weighted by molar-refractivity contribution is 7.80. The summed E-state index contributed by atoms with van der Waals surface area (Å²) in [6, 6.07) is 11.1. The molecule has 0 aliphatic carbocycles. The van der Waals surface area contributed by atoms with Gasteiger partial charge in [0, 0.05) is 28.1 Å². The Balaban J connectivity index is 2.07. The maximum Gasteiger partial charge on any atom is 0.263 e. The Hall–Kier alpha value is -2.64. The fourth-order valence-corrected chi connectivity index (χ4v) is 2.72. The fourth-order valence-electron chi connectivity index (χ4n) is 2.40. The van der Waals surface area contributed by atoms with Crippen molar-refractivity contribution in [2.24, 2.45) is 0 Å². The second kappa shape index (κ2) is 5.28. The highest BCUT2D eigenvalue weighted by Crippen LogP contribution is 2.40. The number of fused-ring (bicyclic) bond motifs is 1. The number of nitrogens with one attached hydrogen (secondary N) is 1. The number of carbonyl (C=O) groups excluding carboxylic acids is 1. The van der Waals surface area contributed by atoms with E-state index in [0.29, 0.717) is 16.8 Å².